The summed E-state index contributed by atoms with van der Waals surface area (Å²) in [6, 6.07) is 0.602. The Hall–Kier alpha value is -0.570. The highest BCUT2D eigenvalue weighted by molar-refractivity contribution is 5.72. The molecule has 3 nitrogen and oxygen atoms in total. The molecule has 0 radical (unpaired) electrons. The van der Waals surface area contributed by atoms with Crippen LogP contribution in [-0.2, 0) is 4.79 Å². The van der Waals surface area contributed by atoms with Crippen molar-refractivity contribution in [2.24, 2.45) is 0 Å². The fourth-order valence-corrected chi connectivity index (χ4v) is 3.94. The molecule has 122 valence electrons. The third kappa shape index (κ3) is 5.61. The lowest BCUT2D eigenvalue weighted by atomic mass is 10.0. The predicted molar refractivity (Wildman–Crippen MR) is 87.9 cm³/mol. The largest absolute Gasteiger partial charge is 0.275 e. The second-order valence-electron chi connectivity index (χ2n) is 6.93. The van der Waals surface area contributed by atoms with Crippen LogP contribution < -0.4 is 0 Å². The highest BCUT2D eigenvalue weighted by Gasteiger charge is 2.26. The third-order valence-corrected chi connectivity index (χ3v) is 5.18. The Kier molecular flexibility index (Phi) is 7.56. The summed E-state index contributed by atoms with van der Waals surface area (Å²) >= 11 is 0. The summed E-state index contributed by atoms with van der Waals surface area (Å²) in [4.78, 5) is 12.1. The van der Waals surface area contributed by atoms with Crippen molar-refractivity contribution in [2.75, 3.05) is 13.1 Å². The molecule has 1 saturated heterocycles. The average molecular weight is 294 g/mol. The highest BCUT2D eigenvalue weighted by atomic mass is 16.2. The number of nitrogens with zero attached hydrogens (tertiary/aromatic N) is 2. The molecule has 2 aliphatic rings. The Bertz CT molecular complexity index is 296. The molecule has 0 atom stereocenters. The van der Waals surface area contributed by atoms with Gasteiger partial charge in [0.1, 0.15) is 0 Å². The Morgan fingerprint density at radius 1 is 0.714 bits per heavy atom. The molecular weight excluding hydrogens is 260 g/mol. The molecule has 21 heavy (non-hydrogen) atoms. The number of hydrazine groups is 1. The van der Waals surface area contributed by atoms with Crippen LogP contribution >= 0.6 is 0 Å². The molecule has 1 aliphatic heterocycles. The maximum Gasteiger partial charge on any atom is 0.233 e. The van der Waals surface area contributed by atoms with Gasteiger partial charge in [0.15, 0.2) is 0 Å². The first-order valence-electron chi connectivity index (χ1n) is 9.33. The topological polar surface area (TPSA) is 23.6 Å². The van der Waals surface area contributed by atoms with E-state index in [1.165, 1.54) is 83.5 Å². The van der Waals surface area contributed by atoms with Gasteiger partial charge in [0.2, 0.25) is 5.91 Å². The summed E-state index contributed by atoms with van der Waals surface area (Å²) in [5.74, 6) is 0.247. The summed E-state index contributed by atoms with van der Waals surface area (Å²) in [6.45, 7) is 3.77. The smallest absolute Gasteiger partial charge is 0.233 e. The van der Waals surface area contributed by atoms with Gasteiger partial charge < -0.3 is 0 Å². The maximum atomic E-state index is 12.1. The second kappa shape index (κ2) is 9.45. The van der Waals surface area contributed by atoms with Gasteiger partial charge in [-0.05, 0) is 25.7 Å². The monoisotopic (exact) mass is 294 g/mol. The van der Waals surface area contributed by atoms with Gasteiger partial charge in [0, 0.05) is 26.1 Å². The quantitative estimate of drug-likeness (QED) is 0.710. The molecule has 0 bridgehead atoms. The fraction of sp³-hybridized carbons (Fsp3) is 0.944. The van der Waals surface area contributed by atoms with Crippen molar-refractivity contribution in [3.63, 3.8) is 0 Å². The van der Waals surface area contributed by atoms with Gasteiger partial charge in [-0.15, -0.1) is 0 Å². The molecule has 1 heterocycles. The van der Waals surface area contributed by atoms with E-state index in [4.69, 9.17) is 0 Å². The first-order valence-corrected chi connectivity index (χ1v) is 9.33. The third-order valence-electron chi connectivity index (χ3n) is 5.18. The van der Waals surface area contributed by atoms with Crippen LogP contribution in [0.1, 0.15) is 90.4 Å². The van der Waals surface area contributed by atoms with Gasteiger partial charge in [-0.25, -0.2) is 5.01 Å². The number of carbonyl (C=O) groups is 1. The van der Waals surface area contributed by atoms with E-state index in [0.717, 1.165) is 13.1 Å². The van der Waals surface area contributed by atoms with E-state index in [1.54, 1.807) is 6.92 Å². The molecule has 1 aliphatic carbocycles. The zero-order chi connectivity index (χ0) is 14.9. The van der Waals surface area contributed by atoms with Crippen molar-refractivity contribution >= 4 is 5.91 Å². The molecule has 0 unspecified atom stereocenters. The van der Waals surface area contributed by atoms with Crippen molar-refractivity contribution in [3.05, 3.63) is 0 Å². The van der Waals surface area contributed by atoms with Crippen molar-refractivity contribution in [1.29, 1.82) is 0 Å². The molecule has 1 amide bonds. The van der Waals surface area contributed by atoms with Crippen LogP contribution in [0.5, 0.6) is 0 Å². The maximum absolute atomic E-state index is 12.1. The summed E-state index contributed by atoms with van der Waals surface area (Å²) in [5, 5.41) is 4.56. The first kappa shape index (κ1) is 16.8. The Morgan fingerprint density at radius 2 is 1.19 bits per heavy atom. The average Bonchev–Trinajstić information content (AvgIpc) is 2.68. The van der Waals surface area contributed by atoms with Crippen LogP contribution in [-0.4, -0.2) is 35.1 Å². The number of hydrogen-bond acceptors (Lipinski definition) is 2. The highest BCUT2D eigenvalue weighted by Crippen LogP contribution is 2.24. The van der Waals surface area contributed by atoms with Gasteiger partial charge in [0.05, 0.1) is 0 Å². The van der Waals surface area contributed by atoms with E-state index < -0.39 is 0 Å². The van der Waals surface area contributed by atoms with E-state index in [1.807, 2.05) is 0 Å². The minimum absolute atomic E-state index is 0.247. The zero-order valence-electron chi connectivity index (χ0n) is 14.0. The van der Waals surface area contributed by atoms with Gasteiger partial charge in [0.25, 0.3) is 0 Å². The van der Waals surface area contributed by atoms with E-state index >= 15 is 0 Å². The molecule has 2 rings (SSSR count). The summed E-state index contributed by atoms with van der Waals surface area (Å²) in [7, 11) is 0. The van der Waals surface area contributed by atoms with Gasteiger partial charge in [-0.2, -0.15) is 0 Å². The predicted octanol–water partition coefficient (Wildman–Crippen LogP) is 4.52. The van der Waals surface area contributed by atoms with E-state index in [2.05, 4.69) is 10.0 Å². The molecule has 2 fully saturated rings. The van der Waals surface area contributed by atoms with Crippen molar-refractivity contribution in [3.8, 4) is 0 Å². The molecule has 1 saturated carbocycles. The Balaban J connectivity index is 2.05. The van der Waals surface area contributed by atoms with Crippen molar-refractivity contribution in [2.45, 2.75) is 96.4 Å². The molecule has 0 aromatic heterocycles. The number of hydrogen-bond donors (Lipinski definition) is 0. The van der Waals surface area contributed by atoms with Crippen LogP contribution in [0, 0.1) is 0 Å². The second-order valence-corrected chi connectivity index (χ2v) is 6.93. The Labute approximate surface area is 131 Å². The normalized spacial score (nSPS) is 25.1. The van der Waals surface area contributed by atoms with Gasteiger partial charge in [-0.1, -0.05) is 57.8 Å². The number of amides is 1. The summed E-state index contributed by atoms with van der Waals surface area (Å²) < 4.78 is 0. The lowest BCUT2D eigenvalue weighted by Gasteiger charge is -2.40. The molecule has 0 aromatic rings. The fourth-order valence-electron chi connectivity index (χ4n) is 3.94. The lowest BCUT2D eigenvalue weighted by Crippen LogP contribution is -2.51. The molecule has 3 heteroatoms. The molecule has 0 spiro atoms. The van der Waals surface area contributed by atoms with Crippen LogP contribution in [0.2, 0.25) is 0 Å². The van der Waals surface area contributed by atoms with Crippen LogP contribution in [0.25, 0.3) is 0 Å². The van der Waals surface area contributed by atoms with Gasteiger partial charge in [-0.3, -0.25) is 9.80 Å². The minimum atomic E-state index is 0.247. The standard InChI is InChI=1S/C18H34N2O/c1-17(21)19-15-11-7-4-8-12-16-20(19)18-13-9-5-2-3-6-10-14-18/h18H,2-16H2,1H3. The van der Waals surface area contributed by atoms with Gasteiger partial charge >= 0.3 is 0 Å². The van der Waals surface area contributed by atoms with Crippen molar-refractivity contribution < 1.29 is 4.79 Å². The minimum Gasteiger partial charge on any atom is -0.275 e. The van der Waals surface area contributed by atoms with E-state index in [0.29, 0.717) is 6.04 Å². The number of carbonyl (C=O) groups excluding carboxylic acids is 1. The summed E-state index contributed by atoms with van der Waals surface area (Å²) in [5.41, 5.74) is 0. The molecule has 0 N–H and O–H groups in total. The van der Waals surface area contributed by atoms with E-state index in [9.17, 15) is 4.79 Å². The van der Waals surface area contributed by atoms with E-state index in [-0.39, 0.29) is 5.91 Å². The molecular formula is C18H34N2O. The van der Waals surface area contributed by atoms with Crippen molar-refractivity contribution in [1.82, 2.24) is 10.0 Å². The van der Waals surface area contributed by atoms with Crippen LogP contribution in [0.15, 0.2) is 0 Å². The Morgan fingerprint density at radius 3 is 1.76 bits per heavy atom. The summed E-state index contributed by atoms with van der Waals surface area (Å²) in [6.07, 6.45) is 17.2. The molecule has 0 aromatic carbocycles. The number of rotatable bonds is 1. The zero-order valence-corrected chi connectivity index (χ0v) is 14.0. The van der Waals surface area contributed by atoms with Crippen LogP contribution in [0.4, 0.5) is 0 Å². The SMILES string of the molecule is CC(=O)N1CCCCCCCN1C1CCCCCCCC1. The lowest BCUT2D eigenvalue weighted by molar-refractivity contribution is -0.152. The first-order chi connectivity index (χ1) is 10.3. The van der Waals surface area contributed by atoms with Crippen LogP contribution in [0.3, 0.4) is 0 Å².